The second kappa shape index (κ2) is 5.99. The molecule has 4 nitrogen and oxygen atoms in total. The van der Waals surface area contributed by atoms with Gasteiger partial charge in [0.25, 0.3) is 0 Å². The SMILES string of the molecule is O=C1CCC(N2Cc3cc(CCCl)ccc3C2S)C(=O)N1. The molecule has 2 atom stereocenters. The molecule has 2 heterocycles. The summed E-state index contributed by atoms with van der Waals surface area (Å²) >= 11 is 10.4. The summed E-state index contributed by atoms with van der Waals surface area (Å²) in [5.41, 5.74) is 3.54. The highest BCUT2D eigenvalue weighted by atomic mass is 35.5. The van der Waals surface area contributed by atoms with Crippen LogP contribution in [-0.2, 0) is 22.6 Å². The third-order valence-corrected chi connectivity index (χ3v) is 4.91. The number of piperidine rings is 1. The Morgan fingerprint density at radius 3 is 2.90 bits per heavy atom. The Hall–Kier alpha value is -1.04. The molecule has 21 heavy (non-hydrogen) atoms. The second-order valence-electron chi connectivity index (χ2n) is 5.49. The molecule has 0 saturated carbocycles. The maximum absolute atomic E-state index is 12.0. The van der Waals surface area contributed by atoms with Crippen LogP contribution in [0.25, 0.3) is 0 Å². The number of amides is 2. The minimum Gasteiger partial charge on any atom is -0.295 e. The van der Waals surface area contributed by atoms with Gasteiger partial charge in [-0.3, -0.25) is 19.8 Å². The lowest BCUT2D eigenvalue weighted by Crippen LogP contribution is -2.51. The average molecular weight is 325 g/mol. The van der Waals surface area contributed by atoms with Crippen molar-refractivity contribution in [3.63, 3.8) is 0 Å². The first-order valence-corrected chi connectivity index (χ1v) is 8.10. The van der Waals surface area contributed by atoms with E-state index in [1.807, 2.05) is 0 Å². The molecule has 0 aromatic heterocycles. The highest BCUT2D eigenvalue weighted by Gasteiger charge is 2.38. The van der Waals surface area contributed by atoms with E-state index in [9.17, 15) is 9.59 Å². The minimum atomic E-state index is -0.283. The number of fused-ring (bicyclic) bond motifs is 1. The monoisotopic (exact) mass is 324 g/mol. The number of hydrogen-bond acceptors (Lipinski definition) is 4. The maximum Gasteiger partial charge on any atom is 0.243 e. The molecule has 3 rings (SSSR count). The predicted octanol–water partition coefficient (Wildman–Crippen LogP) is 2.02. The molecular formula is C15H17ClN2O2S. The van der Waals surface area contributed by atoms with Gasteiger partial charge in [-0.25, -0.2) is 0 Å². The van der Waals surface area contributed by atoms with Crippen molar-refractivity contribution < 1.29 is 9.59 Å². The molecule has 0 spiro atoms. The number of benzene rings is 1. The number of carbonyl (C=O) groups is 2. The van der Waals surface area contributed by atoms with Gasteiger partial charge >= 0.3 is 0 Å². The zero-order valence-electron chi connectivity index (χ0n) is 11.5. The molecular weight excluding hydrogens is 308 g/mol. The Labute approximate surface area is 134 Å². The standard InChI is InChI=1S/C15H17ClN2O2S/c16-6-5-9-1-2-11-10(7-9)8-18(15(11)21)12-3-4-13(19)17-14(12)20/h1-2,7,12,15,21H,3-6,8H2,(H,17,19,20). The van der Waals surface area contributed by atoms with Gasteiger partial charge in [-0.15, -0.1) is 11.6 Å². The van der Waals surface area contributed by atoms with Gasteiger partial charge in [0.15, 0.2) is 0 Å². The van der Waals surface area contributed by atoms with Gasteiger partial charge in [0, 0.05) is 18.8 Å². The van der Waals surface area contributed by atoms with Crippen LogP contribution in [0.5, 0.6) is 0 Å². The number of nitrogens with one attached hydrogen (secondary N) is 1. The van der Waals surface area contributed by atoms with Crippen LogP contribution in [-0.4, -0.2) is 28.6 Å². The summed E-state index contributed by atoms with van der Waals surface area (Å²) in [4.78, 5) is 25.4. The number of alkyl halides is 1. The predicted molar refractivity (Wildman–Crippen MR) is 84.3 cm³/mol. The lowest BCUT2D eigenvalue weighted by atomic mass is 10.0. The van der Waals surface area contributed by atoms with Gasteiger partial charge in [-0.1, -0.05) is 18.2 Å². The van der Waals surface area contributed by atoms with Crippen molar-refractivity contribution in [3.05, 3.63) is 34.9 Å². The Morgan fingerprint density at radius 1 is 1.38 bits per heavy atom. The summed E-state index contributed by atoms with van der Waals surface area (Å²) in [6.45, 7) is 0.686. The Balaban J connectivity index is 1.81. The second-order valence-corrected chi connectivity index (χ2v) is 6.35. The molecule has 2 aliphatic rings. The number of halogens is 1. The number of thiol groups is 1. The molecule has 1 aromatic rings. The molecule has 2 unspecified atom stereocenters. The molecule has 1 saturated heterocycles. The van der Waals surface area contributed by atoms with E-state index in [0.717, 1.165) is 12.0 Å². The topological polar surface area (TPSA) is 49.4 Å². The smallest absolute Gasteiger partial charge is 0.243 e. The van der Waals surface area contributed by atoms with Gasteiger partial charge in [0.1, 0.15) is 0 Å². The highest BCUT2D eigenvalue weighted by Crippen LogP contribution is 2.39. The lowest BCUT2D eigenvalue weighted by Gasteiger charge is -2.32. The minimum absolute atomic E-state index is 0.103. The summed E-state index contributed by atoms with van der Waals surface area (Å²) < 4.78 is 0. The van der Waals surface area contributed by atoms with E-state index in [2.05, 4.69) is 41.0 Å². The summed E-state index contributed by atoms with van der Waals surface area (Å²) in [6.07, 6.45) is 1.79. The Bertz CT molecular complexity index is 593. The van der Waals surface area contributed by atoms with Crippen LogP contribution >= 0.6 is 24.2 Å². The quantitative estimate of drug-likeness (QED) is 0.508. The molecule has 0 aliphatic carbocycles. The van der Waals surface area contributed by atoms with Crippen molar-refractivity contribution in [2.45, 2.75) is 37.2 Å². The van der Waals surface area contributed by atoms with Gasteiger partial charge in [0.05, 0.1) is 11.4 Å². The first-order chi connectivity index (χ1) is 10.1. The first-order valence-electron chi connectivity index (χ1n) is 7.05. The first kappa shape index (κ1) is 14.9. The van der Waals surface area contributed by atoms with E-state index >= 15 is 0 Å². The van der Waals surface area contributed by atoms with Crippen LogP contribution in [0.1, 0.15) is 34.9 Å². The molecule has 0 bridgehead atoms. The number of nitrogens with zero attached hydrogens (tertiary/aromatic N) is 1. The van der Waals surface area contributed by atoms with Crippen LogP contribution in [0, 0.1) is 0 Å². The molecule has 6 heteroatoms. The molecule has 1 aromatic carbocycles. The summed E-state index contributed by atoms with van der Waals surface area (Å²) in [5, 5.41) is 2.31. The van der Waals surface area contributed by atoms with E-state index in [-0.39, 0.29) is 23.2 Å². The molecule has 112 valence electrons. The third-order valence-electron chi connectivity index (χ3n) is 4.15. The van der Waals surface area contributed by atoms with Crippen molar-refractivity contribution in [3.8, 4) is 0 Å². The fourth-order valence-electron chi connectivity index (χ4n) is 3.05. The van der Waals surface area contributed by atoms with E-state index in [4.69, 9.17) is 11.6 Å². The van der Waals surface area contributed by atoms with Crippen LogP contribution in [0.2, 0.25) is 0 Å². The van der Waals surface area contributed by atoms with E-state index in [1.165, 1.54) is 11.1 Å². The van der Waals surface area contributed by atoms with Crippen LogP contribution in [0.15, 0.2) is 18.2 Å². The van der Waals surface area contributed by atoms with E-state index in [0.29, 0.717) is 25.3 Å². The third kappa shape index (κ3) is 2.82. The zero-order valence-corrected chi connectivity index (χ0v) is 13.2. The summed E-state index contributed by atoms with van der Waals surface area (Å²) in [5.74, 6) is 0.201. The van der Waals surface area contributed by atoms with Crippen molar-refractivity contribution in [2.75, 3.05) is 5.88 Å². The normalized spacial score (nSPS) is 25.8. The lowest BCUT2D eigenvalue weighted by molar-refractivity contribution is -0.137. The fraction of sp³-hybridized carbons (Fsp3) is 0.467. The fourth-order valence-corrected chi connectivity index (χ4v) is 3.77. The molecule has 2 aliphatic heterocycles. The van der Waals surface area contributed by atoms with Crippen LogP contribution < -0.4 is 5.32 Å². The van der Waals surface area contributed by atoms with E-state index in [1.54, 1.807) is 0 Å². The van der Waals surface area contributed by atoms with Crippen molar-refractivity contribution in [1.82, 2.24) is 10.2 Å². The highest BCUT2D eigenvalue weighted by molar-refractivity contribution is 7.80. The zero-order chi connectivity index (χ0) is 15.0. The Morgan fingerprint density at radius 2 is 2.19 bits per heavy atom. The number of carbonyl (C=O) groups excluding carboxylic acids is 2. The van der Waals surface area contributed by atoms with Gasteiger partial charge in [-0.05, 0) is 29.5 Å². The Kier molecular flexibility index (Phi) is 4.24. The number of imide groups is 1. The van der Waals surface area contributed by atoms with E-state index < -0.39 is 0 Å². The van der Waals surface area contributed by atoms with Gasteiger partial charge in [-0.2, -0.15) is 12.6 Å². The van der Waals surface area contributed by atoms with Gasteiger partial charge in [0.2, 0.25) is 11.8 Å². The van der Waals surface area contributed by atoms with Crippen molar-refractivity contribution in [1.29, 1.82) is 0 Å². The van der Waals surface area contributed by atoms with Crippen molar-refractivity contribution in [2.24, 2.45) is 0 Å². The largest absolute Gasteiger partial charge is 0.295 e. The van der Waals surface area contributed by atoms with Crippen LogP contribution in [0.4, 0.5) is 0 Å². The number of aryl methyl sites for hydroxylation is 1. The molecule has 1 fully saturated rings. The molecule has 1 N–H and O–H groups in total. The number of hydrogen-bond donors (Lipinski definition) is 2. The summed E-state index contributed by atoms with van der Waals surface area (Å²) in [7, 11) is 0. The molecule has 0 radical (unpaired) electrons. The van der Waals surface area contributed by atoms with Crippen molar-refractivity contribution >= 4 is 36.0 Å². The van der Waals surface area contributed by atoms with Gasteiger partial charge < -0.3 is 0 Å². The molecule has 2 amide bonds. The summed E-state index contributed by atoms with van der Waals surface area (Å²) in [6, 6.07) is 6.00. The average Bonchev–Trinajstić information content (AvgIpc) is 2.76. The number of rotatable bonds is 3. The maximum atomic E-state index is 12.0. The van der Waals surface area contributed by atoms with Crippen LogP contribution in [0.3, 0.4) is 0 Å².